The number of amides is 1. The van der Waals surface area contributed by atoms with Crippen LogP contribution in [0.15, 0.2) is 42.9 Å². The van der Waals surface area contributed by atoms with Gasteiger partial charge in [0.2, 0.25) is 0 Å². The Kier molecular flexibility index (Phi) is 4.36. The van der Waals surface area contributed by atoms with E-state index in [4.69, 9.17) is 0 Å². The molecule has 1 aromatic heterocycles. The Bertz CT molecular complexity index is 692. The first kappa shape index (κ1) is 15.6. The molecule has 1 aliphatic rings. The van der Waals surface area contributed by atoms with Crippen LogP contribution in [0.2, 0.25) is 0 Å². The smallest absolute Gasteiger partial charge is 0.271 e. The van der Waals surface area contributed by atoms with E-state index in [0.717, 1.165) is 11.1 Å². The maximum absolute atomic E-state index is 12.3. The molecular weight excluding hydrogens is 294 g/mol. The number of nitrogens with one attached hydrogen (secondary N) is 1. The second kappa shape index (κ2) is 6.44. The van der Waals surface area contributed by atoms with Crippen LogP contribution >= 0.6 is 0 Å². The van der Waals surface area contributed by atoms with Crippen LogP contribution in [0.5, 0.6) is 0 Å². The Labute approximate surface area is 134 Å². The van der Waals surface area contributed by atoms with Crippen molar-refractivity contribution in [3.63, 3.8) is 0 Å². The van der Waals surface area contributed by atoms with Crippen molar-refractivity contribution in [2.24, 2.45) is 0 Å². The number of hydrogen-bond donors (Lipinski definition) is 3. The average molecular weight is 313 g/mol. The lowest BCUT2D eigenvalue weighted by atomic mass is 9.92. The molecule has 0 unspecified atom stereocenters. The molecule has 2 aromatic rings. The molecule has 6 nitrogen and oxygen atoms in total. The highest BCUT2D eigenvalue weighted by atomic mass is 16.3. The van der Waals surface area contributed by atoms with E-state index in [0.29, 0.717) is 6.42 Å². The molecule has 6 heteroatoms. The Morgan fingerprint density at radius 3 is 2.83 bits per heavy atom. The van der Waals surface area contributed by atoms with Crippen LogP contribution in [0.4, 0.5) is 0 Å². The van der Waals surface area contributed by atoms with Crippen LogP contribution in [-0.2, 0) is 0 Å². The van der Waals surface area contributed by atoms with E-state index in [1.54, 1.807) is 0 Å². The van der Waals surface area contributed by atoms with E-state index in [9.17, 15) is 15.0 Å². The molecule has 0 spiro atoms. The van der Waals surface area contributed by atoms with E-state index in [1.165, 1.54) is 18.6 Å². The summed E-state index contributed by atoms with van der Waals surface area (Å²) in [4.78, 5) is 20.1. The van der Waals surface area contributed by atoms with Crippen molar-refractivity contribution in [1.29, 1.82) is 0 Å². The van der Waals surface area contributed by atoms with Gasteiger partial charge >= 0.3 is 0 Å². The van der Waals surface area contributed by atoms with Crippen LogP contribution in [0.3, 0.4) is 0 Å². The standard InChI is InChI=1S/C17H19N3O3/c1-10-3-2-4-11(7-10)12-8-14(21)16(22)15(12)20-17(23)13-9-18-5-6-19-13/h2-7,9,12,14-16,21-22H,8H2,1H3,(H,20,23)/t12-,14-,15-,16-/m1/s1. The van der Waals surface area contributed by atoms with Gasteiger partial charge in [-0.3, -0.25) is 9.78 Å². The summed E-state index contributed by atoms with van der Waals surface area (Å²) >= 11 is 0. The Balaban J connectivity index is 1.84. The monoisotopic (exact) mass is 313 g/mol. The van der Waals surface area contributed by atoms with Gasteiger partial charge in [0, 0.05) is 18.3 Å². The van der Waals surface area contributed by atoms with E-state index < -0.39 is 24.2 Å². The second-order valence-corrected chi connectivity index (χ2v) is 5.90. The normalized spacial score (nSPS) is 26.9. The first-order valence-corrected chi connectivity index (χ1v) is 7.56. The minimum absolute atomic E-state index is 0.152. The summed E-state index contributed by atoms with van der Waals surface area (Å²) in [5.41, 5.74) is 2.27. The average Bonchev–Trinajstić information content (AvgIpc) is 2.84. The molecule has 0 bridgehead atoms. The zero-order chi connectivity index (χ0) is 16.4. The number of benzene rings is 1. The summed E-state index contributed by atoms with van der Waals surface area (Å²) in [6, 6.07) is 7.31. The maximum atomic E-state index is 12.3. The predicted molar refractivity (Wildman–Crippen MR) is 83.8 cm³/mol. The molecular formula is C17H19N3O3. The highest BCUT2D eigenvalue weighted by Gasteiger charge is 2.43. The number of aliphatic hydroxyl groups is 2. The van der Waals surface area contributed by atoms with Crippen molar-refractivity contribution < 1.29 is 15.0 Å². The molecule has 3 rings (SSSR count). The maximum Gasteiger partial charge on any atom is 0.271 e. The summed E-state index contributed by atoms with van der Waals surface area (Å²) < 4.78 is 0. The second-order valence-electron chi connectivity index (χ2n) is 5.90. The molecule has 1 aliphatic carbocycles. The van der Waals surface area contributed by atoms with Crippen LogP contribution < -0.4 is 5.32 Å². The lowest BCUT2D eigenvalue weighted by Gasteiger charge is -2.23. The number of aromatic nitrogens is 2. The summed E-state index contributed by atoms with van der Waals surface area (Å²) in [5, 5.41) is 23.1. The van der Waals surface area contributed by atoms with Gasteiger partial charge in [0.05, 0.1) is 18.3 Å². The van der Waals surface area contributed by atoms with Crippen LogP contribution in [0, 0.1) is 6.92 Å². The first-order valence-electron chi connectivity index (χ1n) is 7.56. The van der Waals surface area contributed by atoms with Gasteiger partial charge in [0.1, 0.15) is 11.8 Å². The van der Waals surface area contributed by atoms with Gasteiger partial charge in [0.15, 0.2) is 0 Å². The molecule has 1 fully saturated rings. The van der Waals surface area contributed by atoms with Crippen molar-refractivity contribution in [2.75, 3.05) is 0 Å². The van der Waals surface area contributed by atoms with E-state index in [2.05, 4.69) is 15.3 Å². The fraction of sp³-hybridized carbons (Fsp3) is 0.353. The number of carbonyl (C=O) groups excluding carboxylic acids is 1. The van der Waals surface area contributed by atoms with Gasteiger partial charge in [0.25, 0.3) is 5.91 Å². The van der Waals surface area contributed by atoms with Gasteiger partial charge in [-0.25, -0.2) is 4.98 Å². The van der Waals surface area contributed by atoms with Crippen LogP contribution in [-0.4, -0.2) is 44.3 Å². The molecule has 3 N–H and O–H groups in total. The minimum Gasteiger partial charge on any atom is -0.390 e. The van der Waals surface area contributed by atoms with Gasteiger partial charge in [-0.2, -0.15) is 0 Å². The van der Waals surface area contributed by atoms with Crippen molar-refractivity contribution in [3.05, 3.63) is 59.7 Å². The fourth-order valence-electron chi connectivity index (χ4n) is 3.10. The molecule has 1 heterocycles. The number of nitrogens with zero attached hydrogens (tertiary/aromatic N) is 2. The zero-order valence-electron chi connectivity index (χ0n) is 12.8. The summed E-state index contributed by atoms with van der Waals surface area (Å²) in [6.45, 7) is 1.98. The summed E-state index contributed by atoms with van der Waals surface area (Å²) in [7, 11) is 0. The molecule has 0 radical (unpaired) electrons. The third-order valence-electron chi connectivity index (χ3n) is 4.25. The Morgan fingerprint density at radius 1 is 1.30 bits per heavy atom. The van der Waals surface area contributed by atoms with Crippen molar-refractivity contribution in [3.8, 4) is 0 Å². The SMILES string of the molecule is Cc1cccc([C@H]2C[C@@H](O)[C@@H](O)[C@@H]2NC(=O)c2cnccn2)c1. The number of aryl methyl sites for hydroxylation is 1. The Morgan fingerprint density at radius 2 is 2.13 bits per heavy atom. The molecule has 120 valence electrons. The van der Waals surface area contributed by atoms with Crippen molar-refractivity contribution >= 4 is 5.91 Å². The summed E-state index contributed by atoms with van der Waals surface area (Å²) in [5.74, 6) is -0.561. The predicted octanol–water partition coefficient (Wildman–Crippen LogP) is 0.793. The van der Waals surface area contributed by atoms with Gasteiger partial charge < -0.3 is 15.5 Å². The lowest BCUT2D eigenvalue weighted by molar-refractivity contribution is 0.0294. The number of rotatable bonds is 3. The topological polar surface area (TPSA) is 95.3 Å². The van der Waals surface area contributed by atoms with Gasteiger partial charge in [-0.1, -0.05) is 29.8 Å². The highest BCUT2D eigenvalue weighted by molar-refractivity contribution is 5.92. The van der Waals surface area contributed by atoms with E-state index >= 15 is 0 Å². The molecule has 0 saturated heterocycles. The third-order valence-corrected chi connectivity index (χ3v) is 4.25. The molecule has 1 saturated carbocycles. The number of carbonyl (C=O) groups is 1. The van der Waals surface area contributed by atoms with Crippen LogP contribution in [0.1, 0.15) is 34.0 Å². The third kappa shape index (κ3) is 3.23. The van der Waals surface area contributed by atoms with Gasteiger partial charge in [-0.15, -0.1) is 0 Å². The lowest BCUT2D eigenvalue weighted by Crippen LogP contribution is -2.45. The van der Waals surface area contributed by atoms with Gasteiger partial charge in [-0.05, 0) is 18.9 Å². The van der Waals surface area contributed by atoms with Crippen molar-refractivity contribution in [2.45, 2.75) is 37.5 Å². The molecule has 1 aromatic carbocycles. The van der Waals surface area contributed by atoms with E-state index in [-0.39, 0.29) is 11.6 Å². The largest absolute Gasteiger partial charge is 0.390 e. The molecule has 0 aliphatic heterocycles. The summed E-state index contributed by atoms with van der Waals surface area (Å²) in [6.07, 6.45) is 2.81. The highest BCUT2D eigenvalue weighted by Crippen LogP contribution is 2.35. The number of aliphatic hydroxyl groups excluding tert-OH is 2. The Hall–Kier alpha value is -2.31. The minimum atomic E-state index is -1.01. The first-order chi connectivity index (χ1) is 11.1. The fourth-order valence-corrected chi connectivity index (χ4v) is 3.10. The molecule has 4 atom stereocenters. The molecule has 1 amide bonds. The zero-order valence-corrected chi connectivity index (χ0v) is 12.8. The quantitative estimate of drug-likeness (QED) is 0.779. The number of hydrogen-bond acceptors (Lipinski definition) is 5. The molecule has 23 heavy (non-hydrogen) atoms. The van der Waals surface area contributed by atoms with Crippen molar-refractivity contribution in [1.82, 2.24) is 15.3 Å². The van der Waals surface area contributed by atoms with E-state index in [1.807, 2.05) is 31.2 Å². The van der Waals surface area contributed by atoms with Crippen LogP contribution in [0.25, 0.3) is 0 Å².